The van der Waals surface area contributed by atoms with Crippen molar-refractivity contribution in [3.63, 3.8) is 0 Å². The fourth-order valence-corrected chi connectivity index (χ4v) is 1.26. The molecule has 4 N–H and O–H groups in total. The van der Waals surface area contributed by atoms with Gasteiger partial charge in [0.15, 0.2) is 11.6 Å². The Morgan fingerprint density at radius 3 is 2.35 bits per heavy atom. The summed E-state index contributed by atoms with van der Waals surface area (Å²) in [6.45, 7) is -0.336. The lowest BCUT2D eigenvalue weighted by Crippen LogP contribution is -2.35. The average Bonchev–Trinajstić information content (AvgIpc) is 2.21. The van der Waals surface area contributed by atoms with Crippen molar-refractivity contribution in [3.05, 3.63) is 29.3 Å². The highest BCUT2D eigenvalue weighted by Crippen LogP contribution is 2.18. The van der Waals surface area contributed by atoms with E-state index in [9.17, 15) is 18.4 Å². The number of hydrogen-bond acceptors (Lipinski definition) is 3. The fraction of sp³-hybridized carbons (Fsp3) is 0.200. The second-order valence-electron chi connectivity index (χ2n) is 3.48. The Hall–Kier alpha value is -2.18. The zero-order valence-electron chi connectivity index (χ0n) is 9.04. The van der Waals surface area contributed by atoms with Crippen LogP contribution in [0.25, 0.3) is 0 Å². The van der Waals surface area contributed by atoms with Crippen LogP contribution in [0.1, 0.15) is 10.4 Å². The number of anilines is 1. The topological polar surface area (TPSA) is 89.4 Å². The van der Waals surface area contributed by atoms with Crippen molar-refractivity contribution < 1.29 is 18.4 Å². The van der Waals surface area contributed by atoms with Gasteiger partial charge in [-0.2, -0.15) is 0 Å². The lowest BCUT2D eigenvalue weighted by molar-refractivity contribution is -0.118. The average molecular weight is 243 g/mol. The van der Waals surface area contributed by atoms with Gasteiger partial charge in [-0.25, -0.2) is 8.78 Å². The quantitative estimate of drug-likeness (QED) is 0.738. The van der Waals surface area contributed by atoms with Crippen LogP contribution in [0, 0.1) is 11.6 Å². The molecule has 92 valence electrons. The molecule has 0 aliphatic carbocycles. The van der Waals surface area contributed by atoms with E-state index in [4.69, 9.17) is 11.5 Å². The van der Waals surface area contributed by atoms with E-state index >= 15 is 0 Å². The number of rotatable bonds is 3. The number of likely N-dealkylation sites (N-methyl/N-ethyl adjacent to an activating group) is 1. The highest BCUT2D eigenvalue weighted by Gasteiger charge is 2.18. The summed E-state index contributed by atoms with van der Waals surface area (Å²) >= 11 is 0. The van der Waals surface area contributed by atoms with Crippen molar-refractivity contribution in [2.75, 3.05) is 19.3 Å². The summed E-state index contributed by atoms with van der Waals surface area (Å²) in [5.41, 5.74) is 9.87. The van der Waals surface area contributed by atoms with Crippen molar-refractivity contribution in [2.45, 2.75) is 0 Å². The minimum atomic E-state index is -1.19. The number of primary amides is 1. The molecule has 2 amide bonds. The van der Waals surface area contributed by atoms with Crippen LogP contribution in [-0.4, -0.2) is 30.3 Å². The summed E-state index contributed by atoms with van der Waals surface area (Å²) in [5, 5.41) is 0. The molecule has 0 bridgehead atoms. The Bertz CT molecular complexity index is 477. The lowest BCUT2D eigenvalue weighted by Gasteiger charge is -2.16. The van der Waals surface area contributed by atoms with Crippen LogP contribution in [-0.2, 0) is 4.79 Å². The molecule has 1 aromatic carbocycles. The first-order chi connectivity index (χ1) is 7.82. The maximum Gasteiger partial charge on any atom is 0.256 e. The molecule has 0 fully saturated rings. The smallest absolute Gasteiger partial charge is 0.256 e. The van der Waals surface area contributed by atoms with Gasteiger partial charge in [0.1, 0.15) is 0 Å². The SMILES string of the molecule is CN(CC(N)=O)C(=O)c1cc(F)c(F)cc1N. The van der Waals surface area contributed by atoms with E-state index in [1.165, 1.54) is 7.05 Å². The molecule has 17 heavy (non-hydrogen) atoms. The Balaban J connectivity index is 3.04. The molecule has 0 aliphatic rings. The lowest BCUT2D eigenvalue weighted by atomic mass is 10.1. The maximum atomic E-state index is 13.0. The zero-order valence-corrected chi connectivity index (χ0v) is 9.04. The molecular formula is C10H11F2N3O2. The van der Waals surface area contributed by atoms with E-state index in [1.54, 1.807) is 0 Å². The van der Waals surface area contributed by atoms with Gasteiger partial charge in [-0.1, -0.05) is 0 Å². The second kappa shape index (κ2) is 4.77. The number of nitrogens with two attached hydrogens (primary N) is 2. The number of hydrogen-bond donors (Lipinski definition) is 2. The second-order valence-corrected chi connectivity index (χ2v) is 3.48. The van der Waals surface area contributed by atoms with Crippen molar-refractivity contribution in [2.24, 2.45) is 5.73 Å². The first kappa shape index (κ1) is 12.9. The summed E-state index contributed by atoms with van der Waals surface area (Å²) in [6.07, 6.45) is 0. The van der Waals surface area contributed by atoms with E-state index in [-0.39, 0.29) is 17.8 Å². The van der Waals surface area contributed by atoms with Crippen molar-refractivity contribution in [1.82, 2.24) is 4.90 Å². The maximum absolute atomic E-state index is 13.0. The Labute approximate surface area is 96.0 Å². The van der Waals surface area contributed by atoms with Gasteiger partial charge in [-0.05, 0) is 6.07 Å². The van der Waals surface area contributed by atoms with E-state index in [0.717, 1.165) is 4.90 Å². The third-order valence-electron chi connectivity index (χ3n) is 2.06. The molecule has 0 atom stereocenters. The van der Waals surface area contributed by atoms with Gasteiger partial charge in [0.2, 0.25) is 5.91 Å². The number of benzene rings is 1. The van der Waals surface area contributed by atoms with Gasteiger partial charge < -0.3 is 16.4 Å². The largest absolute Gasteiger partial charge is 0.398 e. The molecule has 0 saturated heterocycles. The van der Waals surface area contributed by atoms with Gasteiger partial charge in [0.25, 0.3) is 5.91 Å². The summed E-state index contributed by atoms with van der Waals surface area (Å²) in [5.74, 6) is -3.76. The summed E-state index contributed by atoms with van der Waals surface area (Å²) in [7, 11) is 1.30. The van der Waals surface area contributed by atoms with Gasteiger partial charge >= 0.3 is 0 Å². The van der Waals surface area contributed by atoms with Crippen LogP contribution in [0.5, 0.6) is 0 Å². The molecule has 7 heteroatoms. The third-order valence-corrected chi connectivity index (χ3v) is 2.06. The van der Waals surface area contributed by atoms with Gasteiger partial charge in [0.05, 0.1) is 12.1 Å². The molecule has 0 unspecified atom stereocenters. The molecule has 0 aliphatic heterocycles. The molecule has 0 aromatic heterocycles. The number of halogens is 2. The van der Waals surface area contributed by atoms with Gasteiger partial charge in [0, 0.05) is 18.8 Å². The van der Waals surface area contributed by atoms with Crippen LogP contribution in [0.3, 0.4) is 0 Å². The van der Waals surface area contributed by atoms with Crippen LogP contribution in [0.2, 0.25) is 0 Å². The Kier molecular flexibility index (Phi) is 3.62. The number of nitrogen functional groups attached to an aromatic ring is 1. The van der Waals surface area contributed by atoms with Crippen molar-refractivity contribution in [1.29, 1.82) is 0 Å². The van der Waals surface area contributed by atoms with E-state index in [1.807, 2.05) is 0 Å². The van der Waals surface area contributed by atoms with Gasteiger partial charge in [-0.15, -0.1) is 0 Å². The van der Waals surface area contributed by atoms with E-state index in [0.29, 0.717) is 12.1 Å². The Morgan fingerprint density at radius 2 is 1.82 bits per heavy atom. The first-order valence-corrected chi connectivity index (χ1v) is 4.61. The molecular weight excluding hydrogens is 232 g/mol. The third kappa shape index (κ3) is 2.90. The normalized spacial score (nSPS) is 10.1. The van der Waals surface area contributed by atoms with Crippen molar-refractivity contribution >= 4 is 17.5 Å². The summed E-state index contributed by atoms with van der Waals surface area (Å²) < 4.78 is 25.7. The number of nitrogens with zero attached hydrogens (tertiary/aromatic N) is 1. The highest BCUT2D eigenvalue weighted by atomic mass is 19.2. The van der Waals surface area contributed by atoms with E-state index in [2.05, 4.69) is 0 Å². The predicted octanol–water partition coefficient (Wildman–Crippen LogP) is 0.104. The summed E-state index contributed by atoms with van der Waals surface area (Å²) in [4.78, 5) is 23.3. The number of amides is 2. The van der Waals surface area contributed by atoms with Crippen LogP contribution in [0.4, 0.5) is 14.5 Å². The van der Waals surface area contributed by atoms with Crippen LogP contribution >= 0.6 is 0 Å². The minimum absolute atomic E-state index is 0.203. The molecule has 0 spiro atoms. The first-order valence-electron chi connectivity index (χ1n) is 4.61. The minimum Gasteiger partial charge on any atom is -0.398 e. The van der Waals surface area contributed by atoms with Crippen LogP contribution < -0.4 is 11.5 Å². The molecule has 0 radical (unpaired) electrons. The standard InChI is InChI=1S/C10H11F2N3O2/c1-15(4-9(14)16)10(17)5-2-6(11)7(12)3-8(5)13/h2-3H,4,13H2,1H3,(H2,14,16). The molecule has 5 nitrogen and oxygen atoms in total. The molecule has 1 aromatic rings. The van der Waals surface area contributed by atoms with E-state index < -0.39 is 23.4 Å². The molecule has 0 saturated carbocycles. The zero-order chi connectivity index (χ0) is 13.2. The fourth-order valence-electron chi connectivity index (χ4n) is 1.26. The highest BCUT2D eigenvalue weighted by molar-refractivity contribution is 6.00. The Morgan fingerprint density at radius 1 is 1.29 bits per heavy atom. The molecule has 1 rings (SSSR count). The van der Waals surface area contributed by atoms with Gasteiger partial charge in [-0.3, -0.25) is 9.59 Å². The predicted molar refractivity (Wildman–Crippen MR) is 56.9 cm³/mol. The summed E-state index contributed by atoms with van der Waals surface area (Å²) in [6, 6.07) is 1.39. The van der Waals surface area contributed by atoms with Crippen LogP contribution in [0.15, 0.2) is 12.1 Å². The van der Waals surface area contributed by atoms with Crippen molar-refractivity contribution in [3.8, 4) is 0 Å². The number of carbonyl (C=O) groups excluding carboxylic acids is 2. The number of carbonyl (C=O) groups is 2. The monoisotopic (exact) mass is 243 g/mol. The molecule has 0 heterocycles.